The summed E-state index contributed by atoms with van der Waals surface area (Å²) in [7, 11) is 0. The van der Waals surface area contributed by atoms with Crippen LogP contribution in [0.5, 0.6) is 0 Å². The Morgan fingerprint density at radius 2 is 1.49 bits per heavy atom. The van der Waals surface area contributed by atoms with Gasteiger partial charge in [0.1, 0.15) is 6.04 Å². The van der Waals surface area contributed by atoms with Crippen molar-refractivity contribution in [1.29, 1.82) is 0 Å². The van der Waals surface area contributed by atoms with Gasteiger partial charge >= 0.3 is 0 Å². The van der Waals surface area contributed by atoms with E-state index >= 15 is 0 Å². The largest absolute Gasteiger partial charge is 0.354 e. The van der Waals surface area contributed by atoms with Crippen LogP contribution in [0.15, 0.2) is 97.1 Å². The highest BCUT2D eigenvalue weighted by atomic mass is 16.2. The lowest BCUT2D eigenvalue weighted by Crippen LogP contribution is -2.51. The van der Waals surface area contributed by atoms with Crippen molar-refractivity contribution in [1.82, 2.24) is 10.2 Å². The van der Waals surface area contributed by atoms with Crippen LogP contribution in [0.1, 0.15) is 48.2 Å². The summed E-state index contributed by atoms with van der Waals surface area (Å²) < 4.78 is 0. The summed E-state index contributed by atoms with van der Waals surface area (Å²) in [6.07, 6.45) is 1.14. The molecule has 0 unspecified atom stereocenters. The smallest absolute Gasteiger partial charge is 0.258 e. The number of anilines is 1. The van der Waals surface area contributed by atoms with Gasteiger partial charge in [-0.2, -0.15) is 0 Å². The zero-order valence-corrected chi connectivity index (χ0v) is 23.8. The van der Waals surface area contributed by atoms with Crippen LogP contribution in [0.3, 0.4) is 0 Å². The van der Waals surface area contributed by atoms with Crippen molar-refractivity contribution in [3.63, 3.8) is 0 Å². The molecule has 41 heavy (non-hydrogen) atoms. The first-order valence-electron chi connectivity index (χ1n) is 14.4. The molecule has 3 amide bonds. The fourth-order valence-corrected chi connectivity index (χ4v) is 5.49. The lowest BCUT2D eigenvalue weighted by atomic mass is 10.0. The van der Waals surface area contributed by atoms with Crippen LogP contribution in [0.25, 0.3) is 10.8 Å². The van der Waals surface area contributed by atoms with E-state index < -0.39 is 6.04 Å². The average Bonchev–Trinajstić information content (AvgIpc) is 3.26. The normalized spacial score (nSPS) is 13.0. The second-order valence-electron chi connectivity index (χ2n) is 11.1. The van der Waals surface area contributed by atoms with Gasteiger partial charge in [-0.25, -0.2) is 0 Å². The molecule has 1 N–H and O–H groups in total. The van der Waals surface area contributed by atoms with E-state index in [2.05, 4.69) is 19.2 Å². The molecular formula is C35H37N3O3. The van der Waals surface area contributed by atoms with Crippen LogP contribution in [-0.4, -0.2) is 41.8 Å². The zero-order chi connectivity index (χ0) is 28.8. The molecule has 5 rings (SSSR count). The lowest BCUT2D eigenvalue weighted by molar-refractivity contribution is -0.141. The summed E-state index contributed by atoms with van der Waals surface area (Å²) in [4.78, 5) is 44.3. The van der Waals surface area contributed by atoms with Crippen LogP contribution in [-0.2, 0) is 22.6 Å². The molecule has 0 aromatic heterocycles. The first-order valence-corrected chi connectivity index (χ1v) is 14.4. The minimum atomic E-state index is -0.657. The third kappa shape index (κ3) is 6.49. The second-order valence-corrected chi connectivity index (χ2v) is 11.1. The summed E-state index contributed by atoms with van der Waals surface area (Å²) in [5.41, 5.74) is 3.57. The Morgan fingerprint density at radius 3 is 2.17 bits per heavy atom. The van der Waals surface area contributed by atoms with Crippen molar-refractivity contribution in [2.24, 2.45) is 5.92 Å². The van der Waals surface area contributed by atoms with Crippen LogP contribution in [0.4, 0.5) is 5.69 Å². The minimum Gasteiger partial charge on any atom is -0.354 e. The highest BCUT2D eigenvalue weighted by molar-refractivity contribution is 6.25. The highest BCUT2D eigenvalue weighted by Crippen LogP contribution is 2.37. The van der Waals surface area contributed by atoms with Crippen molar-refractivity contribution < 1.29 is 14.4 Å². The fourth-order valence-electron chi connectivity index (χ4n) is 5.49. The number of carbonyl (C=O) groups excluding carboxylic acids is 3. The molecule has 6 heteroatoms. The summed E-state index contributed by atoms with van der Waals surface area (Å²) in [5, 5.41) is 5.08. The summed E-state index contributed by atoms with van der Waals surface area (Å²) in [6, 6.07) is 30.7. The molecule has 4 aromatic rings. The number of nitrogens with zero attached hydrogens (tertiary/aromatic N) is 2. The Labute approximate surface area is 242 Å². The molecule has 210 valence electrons. The third-order valence-corrected chi connectivity index (χ3v) is 7.57. The van der Waals surface area contributed by atoms with E-state index in [-0.39, 0.29) is 24.1 Å². The first-order chi connectivity index (χ1) is 19.9. The molecule has 4 aromatic carbocycles. The van der Waals surface area contributed by atoms with Gasteiger partial charge in [0.25, 0.3) is 5.91 Å². The molecule has 1 atom stereocenters. The van der Waals surface area contributed by atoms with Crippen LogP contribution in [0, 0.1) is 5.92 Å². The predicted octanol–water partition coefficient (Wildman–Crippen LogP) is 5.99. The van der Waals surface area contributed by atoms with E-state index in [0.717, 1.165) is 27.6 Å². The molecule has 1 heterocycles. The average molecular weight is 548 g/mol. The van der Waals surface area contributed by atoms with E-state index in [4.69, 9.17) is 0 Å². The fraction of sp³-hybridized carbons (Fsp3) is 0.286. The molecule has 6 nitrogen and oxygen atoms in total. The van der Waals surface area contributed by atoms with Gasteiger partial charge in [0, 0.05) is 43.4 Å². The van der Waals surface area contributed by atoms with E-state index in [9.17, 15) is 14.4 Å². The van der Waals surface area contributed by atoms with Gasteiger partial charge in [0.15, 0.2) is 0 Å². The molecule has 1 aliphatic heterocycles. The van der Waals surface area contributed by atoms with Gasteiger partial charge < -0.3 is 15.1 Å². The maximum atomic E-state index is 13.9. The Morgan fingerprint density at radius 1 is 0.829 bits per heavy atom. The molecular weight excluding hydrogens is 510 g/mol. The molecule has 0 bridgehead atoms. The highest BCUT2D eigenvalue weighted by Gasteiger charge is 2.32. The van der Waals surface area contributed by atoms with Crippen molar-refractivity contribution in [3.8, 4) is 0 Å². The summed E-state index contributed by atoms with van der Waals surface area (Å²) in [6.45, 7) is 5.41. The van der Waals surface area contributed by atoms with Gasteiger partial charge in [-0.15, -0.1) is 0 Å². The maximum absolute atomic E-state index is 13.9. The molecule has 0 saturated carbocycles. The number of amides is 3. The predicted molar refractivity (Wildman–Crippen MR) is 164 cm³/mol. The van der Waals surface area contributed by atoms with E-state index in [1.807, 2.05) is 97.1 Å². The summed E-state index contributed by atoms with van der Waals surface area (Å²) >= 11 is 0. The number of hydrogen-bond donors (Lipinski definition) is 1. The topological polar surface area (TPSA) is 69.7 Å². The van der Waals surface area contributed by atoms with E-state index in [1.165, 1.54) is 0 Å². The zero-order valence-electron chi connectivity index (χ0n) is 23.8. The Bertz CT molecular complexity index is 1510. The molecule has 1 aliphatic rings. The van der Waals surface area contributed by atoms with Gasteiger partial charge in [-0.1, -0.05) is 98.8 Å². The van der Waals surface area contributed by atoms with Gasteiger partial charge in [-0.05, 0) is 41.0 Å². The first kappa shape index (κ1) is 28.1. The number of benzene rings is 4. The Kier molecular flexibility index (Phi) is 8.78. The third-order valence-electron chi connectivity index (χ3n) is 7.57. The molecule has 0 radical (unpaired) electrons. The SMILES string of the molecule is CC(C)CNC(=O)[C@@H](Cc1ccccc1)N(Cc1ccccc1)C(=O)CCCN1C(=O)c2cccc3cccc1c23. The quantitative estimate of drug-likeness (QED) is 0.237. The number of hydrogen-bond acceptors (Lipinski definition) is 3. The van der Waals surface area contributed by atoms with Gasteiger partial charge in [0.05, 0.1) is 5.69 Å². The molecule has 0 aliphatic carbocycles. The van der Waals surface area contributed by atoms with Gasteiger partial charge in [-0.3, -0.25) is 14.4 Å². The number of nitrogens with one attached hydrogen (secondary N) is 1. The maximum Gasteiger partial charge on any atom is 0.258 e. The van der Waals surface area contributed by atoms with Crippen LogP contribution in [0.2, 0.25) is 0 Å². The monoisotopic (exact) mass is 547 g/mol. The summed E-state index contributed by atoms with van der Waals surface area (Å²) in [5.74, 6) is 0.0158. The van der Waals surface area contributed by atoms with Crippen molar-refractivity contribution in [2.45, 2.75) is 45.7 Å². The number of carbonyl (C=O) groups is 3. The van der Waals surface area contributed by atoms with Gasteiger partial charge in [0.2, 0.25) is 11.8 Å². The lowest BCUT2D eigenvalue weighted by Gasteiger charge is -2.32. The van der Waals surface area contributed by atoms with Crippen molar-refractivity contribution in [3.05, 3.63) is 114 Å². The minimum absolute atomic E-state index is 0.0274. The molecule has 0 spiro atoms. The molecule has 0 fully saturated rings. The second kappa shape index (κ2) is 12.8. The van der Waals surface area contributed by atoms with Crippen LogP contribution < -0.4 is 10.2 Å². The van der Waals surface area contributed by atoms with E-state index in [0.29, 0.717) is 44.0 Å². The molecule has 0 saturated heterocycles. The standard InChI is InChI=1S/C35H37N3O3/c1-25(2)23-36-34(40)31(22-26-12-5-3-6-13-26)38(24-27-14-7-4-8-15-27)32(39)20-11-21-37-30-19-10-17-28-16-9-18-29(33(28)30)35(37)41/h3-10,12-19,25,31H,11,20-24H2,1-2H3,(H,36,40)/t31-/m1/s1. The number of rotatable bonds is 12. The van der Waals surface area contributed by atoms with E-state index in [1.54, 1.807) is 9.80 Å². The van der Waals surface area contributed by atoms with Crippen LogP contribution >= 0.6 is 0 Å². The van der Waals surface area contributed by atoms with Crippen molar-refractivity contribution >= 4 is 34.2 Å². The van der Waals surface area contributed by atoms with Crippen molar-refractivity contribution in [2.75, 3.05) is 18.0 Å². The Hall–Kier alpha value is -4.45. The Balaban J connectivity index is 1.35.